The highest BCUT2D eigenvalue weighted by Gasteiger charge is 2.06. The lowest BCUT2D eigenvalue weighted by molar-refractivity contribution is 0.194. The van der Waals surface area contributed by atoms with Gasteiger partial charge < -0.3 is 9.84 Å². The summed E-state index contributed by atoms with van der Waals surface area (Å²) in [5, 5.41) is 9.88. The van der Waals surface area contributed by atoms with Crippen molar-refractivity contribution in [3.63, 3.8) is 0 Å². The predicted molar refractivity (Wildman–Crippen MR) is 53.4 cm³/mol. The molecular formula is C10H13ClO2. The van der Waals surface area contributed by atoms with Gasteiger partial charge in [0.15, 0.2) is 0 Å². The van der Waals surface area contributed by atoms with Crippen molar-refractivity contribution in [3.8, 4) is 5.75 Å². The fraction of sp³-hybridized carbons (Fsp3) is 0.400. The number of ether oxygens (including phenoxy) is 1. The van der Waals surface area contributed by atoms with Crippen molar-refractivity contribution in [2.75, 3.05) is 7.11 Å². The van der Waals surface area contributed by atoms with Crippen LogP contribution in [-0.2, 0) is 6.42 Å². The Balaban J connectivity index is 2.94. The van der Waals surface area contributed by atoms with Gasteiger partial charge in [0.2, 0.25) is 0 Å². The Morgan fingerprint density at radius 1 is 1.54 bits per heavy atom. The fourth-order valence-corrected chi connectivity index (χ4v) is 1.42. The minimum absolute atomic E-state index is 0.382. The van der Waals surface area contributed by atoms with Gasteiger partial charge in [0.05, 0.1) is 13.2 Å². The molecule has 0 aliphatic carbocycles. The van der Waals surface area contributed by atoms with E-state index in [0.717, 1.165) is 11.3 Å². The van der Waals surface area contributed by atoms with E-state index in [4.69, 9.17) is 16.3 Å². The van der Waals surface area contributed by atoms with E-state index in [1.54, 1.807) is 26.2 Å². The van der Waals surface area contributed by atoms with Gasteiger partial charge in [-0.1, -0.05) is 11.6 Å². The lowest BCUT2D eigenvalue weighted by Crippen LogP contribution is -2.05. The van der Waals surface area contributed by atoms with E-state index in [1.165, 1.54) is 0 Å². The van der Waals surface area contributed by atoms with Crippen molar-refractivity contribution in [3.05, 3.63) is 28.8 Å². The standard InChI is InChI=1S/C10H13ClO2/c1-7(12)5-8-6-9(11)3-4-10(8)13-2/h3-4,6-7,12H,5H2,1-2H3/t7-/m1/s1. The monoisotopic (exact) mass is 200 g/mol. The number of hydrogen-bond donors (Lipinski definition) is 1. The molecule has 0 radical (unpaired) electrons. The Labute approximate surface area is 83.1 Å². The number of aliphatic hydroxyl groups is 1. The van der Waals surface area contributed by atoms with Crippen LogP contribution in [0.3, 0.4) is 0 Å². The fourth-order valence-electron chi connectivity index (χ4n) is 1.22. The first-order chi connectivity index (χ1) is 6.13. The lowest BCUT2D eigenvalue weighted by atomic mass is 10.1. The molecule has 3 heteroatoms. The molecule has 0 saturated heterocycles. The van der Waals surface area contributed by atoms with Gasteiger partial charge in [-0.3, -0.25) is 0 Å². The summed E-state index contributed by atoms with van der Waals surface area (Å²) < 4.78 is 5.13. The summed E-state index contributed by atoms with van der Waals surface area (Å²) in [6, 6.07) is 5.39. The molecule has 0 aliphatic heterocycles. The summed E-state index contributed by atoms with van der Waals surface area (Å²) in [5.41, 5.74) is 0.935. The molecule has 0 bridgehead atoms. The molecule has 1 aromatic rings. The topological polar surface area (TPSA) is 29.5 Å². The summed E-state index contributed by atoms with van der Waals surface area (Å²) >= 11 is 5.82. The van der Waals surface area contributed by atoms with E-state index < -0.39 is 0 Å². The average molecular weight is 201 g/mol. The predicted octanol–water partition coefficient (Wildman–Crippen LogP) is 2.27. The van der Waals surface area contributed by atoms with Crippen LogP contribution >= 0.6 is 11.6 Å². The van der Waals surface area contributed by atoms with Crippen molar-refractivity contribution in [2.45, 2.75) is 19.4 Å². The Hall–Kier alpha value is -0.730. The minimum Gasteiger partial charge on any atom is -0.496 e. The van der Waals surface area contributed by atoms with Crippen molar-refractivity contribution in [1.82, 2.24) is 0 Å². The van der Waals surface area contributed by atoms with Crippen molar-refractivity contribution >= 4 is 11.6 Å². The van der Waals surface area contributed by atoms with Gasteiger partial charge in [-0.15, -0.1) is 0 Å². The normalized spacial score (nSPS) is 12.6. The molecule has 0 fully saturated rings. The third kappa shape index (κ3) is 2.90. The highest BCUT2D eigenvalue weighted by molar-refractivity contribution is 6.30. The van der Waals surface area contributed by atoms with Crippen LogP contribution in [-0.4, -0.2) is 18.3 Å². The second-order valence-corrected chi connectivity index (χ2v) is 3.45. The number of halogens is 1. The highest BCUT2D eigenvalue weighted by Crippen LogP contribution is 2.23. The average Bonchev–Trinajstić information content (AvgIpc) is 2.03. The van der Waals surface area contributed by atoms with E-state index in [-0.39, 0.29) is 6.10 Å². The molecule has 0 aliphatic rings. The van der Waals surface area contributed by atoms with Crippen LogP contribution in [0.15, 0.2) is 18.2 Å². The van der Waals surface area contributed by atoms with Crippen molar-refractivity contribution in [2.24, 2.45) is 0 Å². The van der Waals surface area contributed by atoms with Crippen LogP contribution in [0.5, 0.6) is 5.75 Å². The Kier molecular flexibility index (Phi) is 3.58. The number of methoxy groups -OCH3 is 1. The van der Waals surface area contributed by atoms with Gasteiger partial charge in [0.25, 0.3) is 0 Å². The molecule has 1 rings (SSSR count). The number of rotatable bonds is 3. The Morgan fingerprint density at radius 3 is 2.77 bits per heavy atom. The van der Waals surface area contributed by atoms with Gasteiger partial charge in [0.1, 0.15) is 5.75 Å². The molecule has 13 heavy (non-hydrogen) atoms. The summed E-state index contributed by atoms with van der Waals surface area (Å²) in [5.74, 6) is 0.769. The third-order valence-corrected chi connectivity index (χ3v) is 1.99. The molecule has 2 nitrogen and oxygen atoms in total. The molecule has 1 aromatic carbocycles. The summed E-state index contributed by atoms with van der Waals surface area (Å²) in [6.07, 6.45) is 0.177. The molecule has 0 saturated carbocycles. The van der Waals surface area contributed by atoms with E-state index in [1.807, 2.05) is 6.07 Å². The molecule has 1 N–H and O–H groups in total. The van der Waals surface area contributed by atoms with Gasteiger partial charge in [-0.25, -0.2) is 0 Å². The first-order valence-corrected chi connectivity index (χ1v) is 4.51. The third-order valence-electron chi connectivity index (χ3n) is 1.76. The Bertz CT molecular complexity index is 284. The van der Waals surface area contributed by atoms with Gasteiger partial charge in [-0.2, -0.15) is 0 Å². The maximum absolute atomic E-state index is 9.22. The molecule has 0 spiro atoms. The van der Waals surface area contributed by atoms with Crippen molar-refractivity contribution in [1.29, 1.82) is 0 Å². The molecular weight excluding hydrogens is 188 g/mol. The quantitative estimate of drug-likeness (QED) is 0.811. The second-order valence-electron chi connectivity index (χ2n) is 3.01. The molecule has 1 atom stereocenters. The number of hydrogen-bond acceptors (Lipinski definition) is 2. The van der Waals surface area contributed by atoms with Gasteiger partial charge in [-0.05, 0) is 30.7 Å². The molecule has 0 aromatic heterocycles. The van der Waals surface area contributed by atoms with Crippen LogP contribution in [0.2, 0.25) is 5.02 Å². The number of aliphatic hydroxyl groups excluding tert-OH is 1. The molecule has 0 amide bonds. The van der Waals surface area contributed by atoms with E-state index >= 15 is 0 Å². The van der Waals surface area contributed by atoms with Crippen LogP contribution in [0, 0.1) is 0 Å². The molecule has 72 valence electrons. The van der Waals surface area contributed by atoms with Gasteiger partial charge >= 0.3 is 0 Å². The maximum atomic E-state index is 9.22. The number of benzene rings is 1. The first-order valence-electron chi connectivity index (χ1n) is 4.14. The smallest absolute Gasteiger partial charge is 0.122 e. The molecule has 0 unspecified atom stereocenters. The summed E-state index contributed by atoms with van der Waals surface area (Å²) in [6.45, 7) is 1.74. The first kappa shape index (κ1) is 10.4. The van der Waals surface area contributed by atoms with Crippen molar-refractivity contribution < 1.29 is 9.84 Å². The van der Waals surface area contributed by atoms with Gasteiger partial charge in [0, 0.05) is 11.4 Å². The second kappa shape index (κ2) is 4.49. The van der Waals surface area contributed by atoms with E-state index in [2.05, 4.69) is 0 Å². The van der Waals surface area contributed by atoms with E-state index in [0.29, 0.717) is 11.4 Å². The zero-order chi connectivity index (χ0) is 9.84. The zero-order valence-corrected chi connectivity index (χ0v) is 8.51. The molecule has 0 heterocycles. The van der Waals surface area contributed by atoms with E-state index in [9.17, 15) is 5.11 Å². The van der Waals surface area contributed by atoms with Crippen LogP contribution in [0.4, 0.5) is 0 Å². The Morgan fingerprint density at radius 2 is 2.23 bits per heavy atom. The largest absolute Gasteiger partial charge is 0.496 e. The summed E-state index contributed by atoms with van der Waals surface area (Å²) in [4.78, 5) is 0. The maximum Gasteiger partial charge on any atom is 0.122 e. The van der Waals surface area contributed by atoms with Crippen LogP contribution < -0.4 is 4.74 Å². The lowest BCUT2D eigenvalue weighted by Gasteiger charge is -2.10. The van der Waals surface area contributed by atoms with Crippen LogP contribution in [0.25, 0.3) is 0 Å². The minimum atomic E-state index is -0.382. The van der Waals surface area contributed by atoms with Crippen LogP contribution in [0.1, 0.15) is 12.5 Å². The SMILES string of the molecule is COc1ccc(Cl)cc1C[C@@H](C)O. The zero-order valence-electron chi connectivity index (χ0n) is 7.75. The summed E-state index contributed by atoms with van der Waals surface area (Å²) in [7, 11) is 1.61. The highest BCUT2D eigenvalue weighted by atomic mass is 35.5.